The summed E-state index contributed by atoms with van der Waals surface area (Å²) >= 11 is 5.97. The lowest BCUT2D eigenvalue weighted by Crippen LogP contribution is -1.96. The first-order valence-corrected chi connectivity index (χ1v) is 5.72. The third-order valence-corrected chi connectivity index (χ3v) is 2.69. The minimum Gasteiger partial charge on any atom is -0.508 e. The van der Waals surface area contributed by atoms with Gasteiger partial charge in [0.25, 0.3) is 0 Å². The fourth-order valence-electron chi connectivity index (χ4n) is 1.51. The number of phenols is 1. The predicted molar refractivity (Wildman–Crippen MR) is 69.3 cm³/mol. The van der Waals surface area contributed by atoms with Gasteiger partial charge in [0.1, 0.15) is 24.4 Å². The molecule has 0 bridgehead atoms. The van der Waals surface area contributed by atoms with Crippen molar-refractivity contribution >= 4 is 17.9 Å². The monoisotopic (exact) mass is 262 g/mol. The Kier molecular flexibility index (Phi) is 3.85. The van der Waals surface area contributed by atoms with Crippen molar-refractivity contribution in [3.63, 3.8) is 0 Å². The lowest BCUT2D eigenvalue weighted by molar-refractivity contribution is 0.112. The number of hydrogen-bond donors (Lipinski definition) is 1. The summed E-state index contributed by atoms with van der Waals surface area (Å²) in [6.07, 6.45) is 0.727. The first-order chi connectivity index (χ1) is 8.69. The molecule has 18 heavy (non-hydrogen) atoms. The van der Waals surface area contributed by atoms with Crippen LogP contribution in [0.4, 0.5) is 0 Å². The van der Waals surface area contributed by atoms with Gasteiger partial charge >= 0.3 is 0 Å². The lowest BCUT2D eigenvalue weighted by Gasteiger charge is -2.08. The number of halogens is 1. The molecule has 2 aromatic rings. The summed E-state index contributed by atoms with van der Waals surface area (Å²) in [5.41, 5.74) is 1.34. The highest BCUT2D eigenvalue weighted by atomic mass is 35.5. The molecule has 0 aliphatic rings. The van der Waals surface area contributed by atoms with Crippen molar-refractivity contribution in [3.8, 4) is 11.5 Å². The molecule has 0 unspecified atom stereocenters. The van der Waals surface area contributed by atoms with Crippen LogP contribution in [-0.2, 0) is 6.61 Å². The molecule has 0 saturated carbocycles. The van der Waals surface area contributed by atoms with Gasteiger partial charge in [-0.25, -0.2) is 0 Å². The zero-order valence-corrected chi connectivity index (χ0v) is 10.2. The Hall–Kier alpha value is -2.00. The second-order valence-electron chi connectivity index (χ2n) is 3.77. The minimum atomic E-state index is 0.193. The summed E-state index contributed by atoms with van der Waals surface area (Å²) in [5, 5.41) is 9.70. The van der Waals surface area contributed by atoms with E-state index in [-0.39, 0.29) is 5.75 Å². The van der Waals surface area contributed by atoms with Crippen molar-refractivity contribution in [2.45, 2.75) is 6.61 Å². The second-order valence-corrected chi connectivity index (χ2v) is 4.17. The van der Waals surface area contributed by atoms with Gasteiger partial charge < -0.3 is 9.84 Å². The van der Waals surface area contributed by atoms with Crippen LogP contribution < -0.4 is 4.74 Å². The van der Waals surface area contributed by atoms with Crippen LogP contribution in [0.5, 0.6) is 11.5 Å². The van der Waals surface area contributed by atoms with E-state index >= 15 is 0 Å². The summed E-state index contributed by atoms with van der Waals surface area (Å²) in [5.74, 6) is 0.698. The van der Waals surface area contributed by atoms with Gasteiger partial charge in [-0.1, -0.05) is 23.7 Å². The van der Waals surface area contributed by atoms with Crippen molar-refractivity contribution in [3.05, 3.63) is 58.6 Å². The fraction of sp³-hybridized carbons (Fsp3) is 0.0714. The van der Waals surface area contributed by atoms with Gasteiger partial charge in [-0.05, 0) is 35.9 Å². The van der Waals surface area contributed by atoms with E-state index in [0.717, 1.165) is 11.8 Å². The first-order valence-electron chi connectivity index (χ1n) is 5.34. The van der Waals surface area contributed by atoms with Gasteiger partial charge in [0.15, 0.2) is 0 Å². The summed E-state index contributed by atoms with van der Waals surface area (Å²) in [6.45, 7) is 0.300. The van der Waals surface area contributed by atoms with Gasteiger partial charge in [0.2, 0.25) is 0 Å². The van der Waals surface area contributed by atoms with Crippen LogP contribution >= 0.6 is 11.6 Å². The Bertz CT molecular complexity index is 567. The zero-order valence-electron chi connectivity index (χ0n) is 9.47. The molecule has 0 aliphatic carbocycles. The number of hydrogen-bond acceptors (Lipinski definition) is 3. The highest BCUT2D eigenvalue weighted by molar-refractivity contribution is 6.32. The molecule has 2 rings (SSSR count). The normalized spacial score (nSPS) is 10.1. The lowest BCUT2D eigenvalue weighted by atomic mass is 10.2. The van der Waals surface area contributed by atoms with Crippen molar-refractivity contribution in [1.82, 2.24) is 0 Å². The number of aldehydes is 1. The van der Waals surface area contributed by atoms with Crippen molar-refractivity contribution in [1.29, 1.82) is 0 Å². The number of phenolic OH excluding ortho intramolecular Hbond substituents is 1. The minimum absolute atomic E-state index is 0.193. The average molecular weight is 263 g/mol. The van der Waals surface area contributed by atoms with Crippen LogP contribution in [0.25, 0.3) is 0 Å². The number of ether oxygens (including phenoxy) is 1. The summed E-state index contributed by atoms with van der Waals surface area (Å²) < 4.78 is 5.52. The number of aromatic hydroxyl groups is 1. The number of carbonyl (C=O) groups is 1. The van der Waals surface area contributed by atoms with E-state index in [1.54, 1.807) is 36.4 Å². The summed E-state index contributed by atoms with van der Waals surface area (Å²) in [4.78, 5) is 10.6. The molecule has 4 heteroatoms. The maximum Gasteiger partial charge on any atom is 0.150 e. The summed E-state index contributed by atoms with van der Waals surface area (Å²) in [7, 11) is 0. The molecule has 1 N–H and O–H groups in total. The molecular formula is C14H11ClO3. The van der Waals surface area contributed by atoms with E-state index in [2.05, 4.69) is 0 Å². The Labute approximate surface area is 110 Å². The maximum atomic E-state index is 10.6. The standard InChI is InChI=1S/C14H11ClO3/c15-13-7-10(8-16)4-5-14(13)18-9-11-2-1-3-12(17)6-11/h1-8,17H,9H2. The highest BCUT2D eigenvalue weighted by Gasteiger charge is 2.03. The Morgan fingerprint density at radius 3 is 2.72 bits per heavy atom. The molecule has 0 aromatic heterocycles. The maximum absolute atomic E-state index is 10.6. The molecular weight excluding hydrogens is 252 g/mol. The van der Waals surface area contributed by atoms with Crippen molar-refractivity contribution in [2.24, 2.45) is 0 Å². The number of carbonyl (C=O) groups excluding carboxylic acids is 1. The van der Waals surface area contributed by atoms with Gasteiger partial charge in [-0.2, -0.15) is 0 Å². The number of benzene rings is 2. The molecule has 0 spiro atoms. The molecule has 0 saturated heterocycles. The highest BCUT2D eigenvalue weighted by Crippen LogP contribution is 2.26. The molecule has 2 aromatic carbocycles. The van der Waals surface area contributed by atoms with Gasteiger partial charge in [-0.3, -0.25) is 4.79 Å². The molecule has 0 radical (unpaired) electrons. The quantitative estimate of drug-likeness (QED) is 0.859. The zero-order chi connectivity index (χ0) is 13.0. The number of rotatable bonds is 4. The molecule has 92 valence electrons. The smallest absolute Gasteiger partial charge is 0.150 e. The van der Waals surface area contributed by atoms with Crippen molar-refractivity contribution < 1.29 is 14.6 Å². The van der Waals surface area contributed by atoms with Crippen molar-refractivity contribution in [2.75, 3.05) is 0 Å². The van der Waals surface area contributed by atoms with E-state index < -0.39 is 0 Å². The molecule has 0 aliphatic heterocycles. The molecule has 0 amide bonds. The molecule has 0 fully saturated rings. The Balaban J connectivity index is 2.08. The first kappa shape index (κ1) is 12.5. The predicted octanol–water partition coefficient (Wildman–Crippen LogP) is 3.44. The third kappa shape index (κ3) is 3.02. The average Bonchev–Trinajstić information content (AvgIpc) is 2.37. The van der Waals surface area contributed by atoms with E-state index in [0.29, 0.717) is 22.9 Å². The Morgan fingerprint density at radius 1 is 1.22 bits per heavy atom. The molecule has 3 nitrogen and oxygen atoms in total. The van der Waals surface area contributed by atoms with E-state index in [1.165, 1.54) is 0 Å². The van der Waals surface area contributed by atoms with Crippen LogP contribution in [0.15, 0.2) is 42.5 Å². The van der Waals surface area contributed by atoms with E-state index in [9.17, 15) is 9.90 Å². The van der Waals surface area contributed by atoms with Gasteiger partial charge in [0.05, 0.1) is 5.02 Å². The SMILES string of the molecule is O=Cc1ccc(OCc2cccc(O)c2)c(Cl)c1. The second kappa shape index (κ2) is 5.56. The summed E-state index contributed by atoms with van der Waals surface area (Å²) in [6, 6.07) is 11.6. The Morgan fingerprint density at radius 2 is 2.06 bits per heavy atom. The van der Waals surface area contributed by atoms with E-state index in [4.69, 9.17) is 16.3 Å². The van der Waals surface area contributed by atoms with Gasteiger partial charge in [0, 0.05) is 5.56 Å². The van der Waals surface area contributed by atoms with Gasteiger partial charge in [-0.15, -0.1) is 0 Å². The van der Waals surface area contributed by atoms with Crippen LogP contribution in [0, 0.1) is 0 Å². The largest absolute Gasteiger partial charge is 0.508 e. The van der Waals surface area contributed by atoms with Crippen LogP contribution in [0.1, 0.15) is 15.9 Å². The van der Waals surface area contributed by atoms with E-state index in [1.807, 2.05) is 6.07 Å². The third-order valence-electron chi connectivity index (χ3n) is 2.40. The molecule has 0 heterocycles. The van der Waals surface area contributed by atoms with Crippen LogP contribution in [0.2, 0.25) is 5.02 Å². The molecule has 0 atom stereocenters. The fourth-order valence-corrected chi connectivity index (χ4v) is 1.76. The van der Waals surface area contributed by atoms with Crippen LogP contribution in [0.3, 0.4) is 0 Å². The van der Waals surface area contributed by atoms with Crippen LogP contribution in [-0.4, -0.2) is 11.4 Å². The topological polar surface area (TPSA) is 46.5 Å².